The van der Waals surface area contributed by atoms with Crippen molar-refractivity contribution in [2.45, 2.75) is 29.4 Å². The van der Waals surface area contributed by atoms with Gasteiger partial charge in [-0.2, -0.15) is 0 Å². The molecule has 5 aromatic rings. The van der Waals surface area contributed by atoms with Crippen molar-refractivity contribution >= 4 is 49.8 Å². The van der Waals surface area contributed by atoms with E-state index in [9.17, 15) is 4.79 Å². The number of benzene rings is 3. The van der Waals surface area contributed by atoms with Gasteiger partial charge in [0.15, 0.2) is 0 Å². The monoisotopic (exact) mass is 567 g/mol. The second-order valence-electron chi connectivity index (χ2n) is 10.7. The van der Waals surface area contributed by atoms with Gasteiger partial charge < -0.3 is 14.6 Å². The third-order valence-corrected chi connectivity index (χ3v) is 10.4. The highest BCUT2D eigenvalue weighted by atomic mass is 32.2. The Morgan fingerprint density at radius 3 is 2.73 bits per heavy atom. The molecule has 5 nitrogen and oxygen atoms in total. The number of unbranched alkanes of at least 4 members (excludes halogenated alkanes) is 1. The van der Waals surface area contributed by atoms with E-state index in [1.54, 1.807) is 6.07 Å². The van der Waals surface area contributed by atoms with Crippen LogP contribution >= 0.6 is 23.1 Å². The topological polar surface area (TPSA) is 48.6 Å². The fourth-order valence-electron chi connectivity index (χ4n) is 6.08. The standard InChI is InChI=1S/C33H33N3O2S2/c37-33-12-10-23-9-11-24(21-28(23)34-33)38-19-2-1-14-35-15-17-36(18-16-35)29-6-4-8-31-27(29)22-32(40-31)25-5-3-7-30-26(25)13-20-39-30/h3-13,20-21,32H,1-2,14-19,22H2,(H,34,37). The molecule has 0 saturated carbocycles. The number of H-pyrrole nitrogens is 1. The van der Waals surface area contributed by atoms with E-state index in [1.165, 1.54) is 31.8 Å². The van der Waals surface area contributed by atoms with Crippen LogP contribution in [0.25, 0.3) is 21.0 Å². The highest BCUT2D eigenvalue weighted by Gasteiger charge is 2.29. The molecule has 4 heterocycles. The average Bonchev–Trinajstić information content (AvgIpc) is 3.64. The van der Waals surface area contributed by atoms with Crippen molar-refractivity contribution in [3.63, 3.8) is 0 Å². The van der Waals surface area contributed by atoms with Crippen LogP contribution in [0.4, 0.5) is 5.69 Å². The van der Waals surface area contributed by atoms with Crippen molar-refractivity contribution < 1.29 is 4.74 Å². The van der Waals surface area contributed by atoms with Crippen LogP contribution in [0.5, 0.6) is 5.75 Å². The Balaban J connectivity index is 0.900. The van der Waals surface area contributed by atoms with Crippen LogP contribution in [-0.4, -0.2) is 49.2 Å². The lowest BCUT2D eigenvalue weighted by atomic mass is 10.00. The quantitative estimate of drug-likeness (QED) is 0.203. The second-order valence-corrected chi connectivity index (χ2v) is 12.9. The van der Waals surface area contributed by atoms with E-state index in [0.717, 1.165) is 68.6 Å². The molecular formula is C33H33N3O2S2. The predicted octanol–water partition coefficient (Wildman–Crippen LogP) is 7.11. The van der Waals surface area contributed by atoms with Gasteiger partial charge >= 0.3 is 0 Å². The van der Waals surface area contributed by atoms with Crippen molar-refractivity contribution in [3.05, 3.63) is 99.7 Å². The molecule has 7 heteroatoms. The molecule has 7 rings (SSSR count). The minimum atomic E-state index is -0.0866. The summed E-state index contributed by atoms with van der Waals surface area (Å²) < 4.78 is 7.36. The number of thiophene rings is 1. The third-order valence-electron chi connectivity index (χ3n) is 8.19. The van der Waals surface area contributed by atoms with Gasteiger partial charge in [0, 0.05) is 58.8 Å². The predicted molar refractivity (Wildman–Crippen MR) is 169 cm³/mol. The van der Waals surface area contributed by atoms with Gasteiger partial charge in [-0.25, -0.2) is 0 Å². The normalized spacial score (nSPS) is 17.5. The molecule has 1 fully saturated rings. The molecule has 2 aliphatic heterocycles. The molecule has 2 aliphatic rings. The number of nitrogens with one attached hydrogen (secondary N) is 1. The number of hydrogen-bond donors (Lipinski definition) is 1. The molecule has 2 aromatic heterocycles. The van der Waals surface area contributed by atoms with Gasteiger partial charge in [-0.1, -0.05) is 18.2 Å². The fourth-order valence-corrected chi connectivity index (χ4v) is 8.27. The van der Waals surface area contributed by atoms with E-state index in [0.29, 0.717) is 11.9 Å². The summed E-state index contributed by atoms with van der Waals surface area (Å²) in [6, 6.07) is 25.2. The Kier molecular flexibility index (Phi) is 7.27. The molecule has 0 radical (unpaired) electrons. The zero-order valence-electron chi connectivity index (χ0n) is 22.5. The van der Waals surface area contributed by atoms with E-state index >= 15 is 0 Å². The fraction of sp³-hybridized carbons (Fsp3) is 0.303. The van der Waals surface area contributed by atoms with Crippen molar-refractivity contribution in [1.82, 2.24) is 9.88 Å². The number of fused-ring (bicyclic) bond motifs is 3. The lowest BCUT2D eigenvalue weighted by Gasteiger charge is -2.37. The van der Waals surface area contributed by atoms with Crippen LogP contribution in [0.1, 0.15) is 29.2 Å². The first-order valence-electron chi connectivity index (χ1n) is 14.2. The molecule has 1 atom stereocenters. The minimum absolute atomic E-state index is 0.0866. The van der Waals surface area contributed by atoms with Gasteiger partial charge in [0.05, 0.1) is 12.1 Å². The maximum atomic E-state index is 11.6. The Bertz CT molecular complexity index is 1700. The molecule has 204 valence electrons. The van der Waals surface area contributed by atoms with Crippen LogP contribution in [0, 0.1) is 0 Å². The van der Waals surface area contributed by atoms with E-state index < -0.39 is 0 Å². The Hall–Kier alpha value is -3.26. The van der Waals surface area contributed by atoms with Crippen LogP contribution in [0.3, 0.4) is 0 Å². The number of rotatable bonds is 8. The molecule has 1 saturated heterocycles. The molecular weight excluding hydrogens is 535 g/mol. The number of hydrogen-bond acceptors (Lipinski definition) is 6. The number of anilines is 1. The lowest BCUT2D eigenvalue weighted by Crippen LogP contribution is -2.47. The van der Waals surface area contributed by atoms with Crippen LogP contribution in [0.2, 0.25) is 0 Å². The SMILES string of the molecule is O=c1ccc2ccc(OCCCCN3CCN(c4cccc5c4CC(c4cccc6sccc46)S5)CC3)cc2[nH]1. The van der Waals surface area contributed by atoms with Gasteiger partial charge in [0.1, 0.15) is 5.75 Å². The van der Waals surface area contributed by atoms with Crippen LogP contribution in [-0.2, 0) is 6.42 Å². The maximum Gasteiger partial charge on any atom is 0.248 e. The highest BCUT2D eigenvalue weighted by molar-refractivity contribution is 7.99. The molecule has 0 aliphatic carbocycles. The number of ether oxygens (including phenoxy) is 1. The van der Waals surface area contributed by atoms with Crippen molar-refractivity contribution in [1.29, 1.82) is 0 Å². The largest absolute Gasteiger partial charge is 0.494 e. The van der Waals surface area contributed by atoms with Crippen molar-refractivity contribution in [2.24, 2.45) is 0 Å². The first-order valence-corrected chi connectivity index (χ1v) is 15.9. The zero-order chi connectivity index (χ0) is 26.9. The summed E-state index contributed by atoms with van der Waals surface area (Å²) in [4.78, 5) is 21.1. The van der Waals surface area contributed by atoms with Crippen molar-refractivity contribution in [2.75, 3.05) is 44.2 Å². The summed E-state index contributed by atoms with van der Waals surface area (Å²) in [6.45, 7) is 6.17. The number of thioether (sulfide) groups is 1. The van der Waals surface area contributed by atoms with Gasteiger partial charge in [-0.05, 0) is 95.6 Å². The number of aromatic nitrogens is 1. The van der Waals surface area contributed by atoms with E-state index in [-0.39, 0.29) is 5.56 Å². The van der Waals surface area contributed by atoms with Crippen LogP contribution < -0.4 is 15.2 Å². The first kappa shape index (κ1) is 25.7. The summed E-state index contributed by atoms with van der Waals surface area (Å²) in [6.07, 6.45) is 3.25. The van der Waals surface area contributed by atoms with Gasteiger partial charge in [-0.3, -0.25) is 9.69 Å². The number of nitrogens with zero attached hydrogens (tertiary/aromatic N) is 2. The van der Waals surface area contributed by atoms with E-state index in [4.69, 9.17) is 4.74 Å². The van der Waals surface area contributed by atoms with Crippen molar-refractivity contribution in [3.8, 4) is 5.75 Å². The van der Waals surface area contributed by atoms with Gasteiger partial charge in [0.2, 0.25) is 5.56 Å². The highest BCUT2D eigenvalue weighted by Crippen LogP contribution is 2.51. The van der Waals surface area contributed by atoms with E-state index in [1.807, 2.05) is 47.4 Å². The van der Waals surface area contributed by atoms with E-state index in [2.05, 4.69) is 62.6 Å². The Labute approximate surface area is 242 Å². The maximum absolute atomic E-state index is 11.6. The Morgan fingerprint density at radius 1 is 0.925 bits per heavy atom. The summed E-state index contributed by atoms with van der Waals surface area (Å²) in [5, 5.41) is 5.15. The number of aromatic amines is 1. The molecule has 3 aromatic carbocycles. The molecule has 1 unspecified atom stereocenters. The number of pyridine rings is 1. The van der Waals surface area contributed by atoms with Gasteiger partial charge in [0.25, 0.3) is 0 Å². The zero-order valence-corrected chi connectivity index (χ0v) is 24.1. The Morgan fingerprint density at radius 2 is 1.80 bits per heavy atom. The summed E-state index contributed by atoms with van der Waals surface area (Å²) in [7, 11) is 0. The van der Waals surface area contributed by atoms with Crippen LogP contribution in [0.15, 0.2) is 87.9 Å². The average molecular weight is 568 g/mol. The summed E-state index contributed by atoms with van der Waals surface area (Å²) in [5.41, 5.74) is 5.19. The lowest BCUT2D eigenvalue weighted by molar-refractivity contribution is 0.238. The number of piperazine rings is 1. The molecule has 0 spiro atoms. The molecule has 1 N–H and O–H groups in total. The minimum Gasteiger partial charge on any atom is -0.494 e. The smallest absolute Gasteiger partial charge is 0.248 e. The third kappa shape index (κ3) is 5.26. The molecule has 0 bridgehead atoms. The molecule has 0 amide bonds. The first-order chi connectivity index (χ1) is 19.7. The summed E-state index contributed by atoms with van der Waals surface area (Å²) >= 11 is 3.88. The summed E-state index contributed by atoms with van der Waals surface area (Å²) in [5.74, 6) is 0.811. The molecule has 40 heavy (non-hydrogen) atoms. The second kappa shape index (κ2) is 11.3. The van der Waals surface area contributed by atoms with Gasteiger partial charge in [-0.15, -0.1) is 23.1 Å².